The minimum Gasteiger partial charge on any atom is -0.324 e. The Morgan fingerprint density at radius 2 is 1.62 bits per heavy atom. The number of nitrogens with zero attached hydrogens (tertiary/aromatic N) is 4. The van der Waals surface area contributed by atoms with Crippen LogP contribution in [-0.4, -0.2) is 39.6 Å². The molecule has 1 aliphatic heterocycles. The molecule has 3 heterocycles. The summed E-state index contributed by atoms with van der Waals surface area (Å²) in [4.78, 5) is 25.1. The quantitative estimate of drug-likeness (QED) is 0.266. The summed E-state index contributed by atoms with van der Waals surface area (Å²) in [6, 6.07) is 26.2. The lowest BCUT2D eigenvalue weighted by atomic mass is 9.89. The number of aryl methyl sites for hydroxylation is 1. The van der Waals surface area contributed by atoms with E-state index < -0.39 is 0 Å². The minimum atomic E-state index is -0.165. The van der Waals surface area contributed by atoms with Gasteiger partial charge < -0.3 is 10.2 Å². The summed E-state index contributed by atoms with van der Waals surface area (Å²) in [7, 11) is 3.91. The van der Waals surface area contributed by atoms with E-state index in [9.17, 15) is 4.79 Å². The molecule has 6 rings (SSSR count). The second-order valence-electron chi connectivity index (χ2n) is 10.3. The van der Waals surface area contributed by atoms with E-state index in [1.807, 2.05) is 54.6 Å². The maximum Gasteiger partial charge on any atom is 0.259 e. The lowest BCUT2D eigenvalue weighted by Gasteiger charge is -2.29. The number of rotatable bonds is 5. The number of hydrogen-bond acceptors (Lipinski definition) is 5. The van der Waals surface area contributed by atoms with Gasteiger partial charge >= 0.3 is 0 Å². The van der Waals surface area contributed by atoms with Crippen molar-refractivity contribution in [1.82, 2.24) is 19.4 Å². The molecule has 1 N–H and O–H groups in total. The van der Waals surface area contributed by atoms with Crippen LogP contribution >= 0.6 is 11.6 Å². The van der Waals surface area contributed by atoms with Crippen LogP contribution in [0.5, 0.6) is 0 Å². The van der Waals surface area contributed by atoms with Gasteiger partial charge in [0, 0.05) is 40.5 Å². The van der Waals surface area contributed by atoms with Gasteiger partial charge in [0.2, 0.25) is 5.95 Å². The molecule has 3 aromatic carbocycles. The molecule has 6 nitrogen and oxygen atoms in total. The summed E-state index contributed by atoms with van der Waals surface area (Å²) in [5, 5.41) is 4.58. The van der Waals surface area contributed by atoms with Crippen LogP contribution in [0.15, 0.2) is 89.9 Å². The number of hydrogen-bond donors (Lipinski definition) is 1. The molecule has 2 aromatic heterocycles. The fourth-order valence-electron chi connectivity index (χ4n) is 5.35. The zero-order chi connectivity index (χ0) is 26.9. The van der Waals surface area contributed by atoms with Gasteiger partial charge in [-0.15, -0.1) is 0 Å². The third-order valence-electron chi connectivity index (χ3n) is 7.67. The molecule has 0 atom stereocenters. The number of likely N-dealkylation sites (tertiary alicyclic amines) is 1. The van der Waals surface area contributed by atoms with E-state index in [0.717, 1.165) is 35.3 Å². The van der Waals surface area contributed by atoms with Crippen LogP contribution in [0.2, 0.25) is 5.02 Å². The average molecular weight is 536 g/mol. The molecular formula is C32H30ClN5O. The molecule has 0 saturated carbocycles. The maximum absolute atomic E-state index is 13.5. The number of piperidine rings is 1. The lowest BCUT2D eigenvalue weighted by molar-refractivity contribution is 0.255. The summed E-state index contributed by atoms with van der Waals surface area (Å²) in [5.74, 6) is 1.05. The maximum atomic E-state index is 13.5. The summed E-state index contributed by atoms with van der Waals surface area (Å²) >= 11 is 6.58. The van der Waals surface area contributed by atoms with E-state index >= 15 is 0 Å². The molecule has 5 aromatic rings. The molecule has 0 radical (unpaired) electrons. The van der Waals surface area contributed by atoms with E-state index in [1.165, 1.54) is 18.4 Å². The number of fused-ring (bicyclic) bond motifs is 1. The van der Waals surface area contributed by atoms with Crippen molar-refractivity contribution in [3.8, 4) is 22.3 Å². The summed E-state index contributed by atoms with van der Waals surface area (Å²) in [5.41, 5.74) is 5.94. The third-order valence-corrected chi connectivity index (χ3v) is 8.00. The predicted octanol–water partition coefficient (Wildman–Crippen LogP) is 6.87. The molecule has 1 aliphatic rings. The van der Waals surface area contributed by atoms with Crippen LogP contribution in [-0.2, 0) is 7.05 Å². The summed E-state index contributed by atoms with van der Waals surface area (Å²) in [6.45, 7) is 2.28. The first-order chi connectivity index (χ1) is 19.0. The van der Waals surface area contributed by atoms with Gasteiger partial charge in [-0.1, -0.05) is 60.1 Å². The van der Waals surface area contributed by atoms with E-state index in [4.69, 9.17) is 11.6 Å². The zero-order valence-electron chi connectivity index (χ0n) is 22.1. The van der Waals surface area contributed by atoms with Gasteiger partial charge in [0.05, 0.1) is 0 Å². The first kappa shape index (κ1) is 25.3. The Bertz CT molecular complexity index is 1690. The Labute approximate surface area is 232 Å². The highest BCUT2D eigenvalue weighted by Gasteiger charge is 2.18. The molecule has 0 aliphatic carbocycles. The van der Waals surface area contributed by atoms with Crippen molar-refractivity contribution in [3.63, 3.8) is 0 Å². The van der Waals surface area contributed by atoms with Crippen LogP contribution in [0.1, 0.15) is 24.3 Å². The van der Waals surface area contributed by atoms with Gasteiger partial charge in [-0.25, -0.2) is 4.98 Å². The lowest BCUT2D eigenvalue weighted by Crippen LogP contribution is -2.29. The molecule has 0 amide bonds. The van der Waals surface area contributed by atoms with E-state index in [0.29, 0.717) is 33.7 Å². The Kier molecular flexibility index (Phi) is 6.90. The number of anilines is 2. The highest BCUT2D eigenvalue weighted by molar-refractivity contribution is 6.33. The van der Waals surface area contributed by atoms with Gasteiger partial charge in [0.25, 0.3) is 5.56 Å². The molecule has 39 heavy (non-hydrogen) atoms. The predicted molar refractivity (Wildman–Crippen MR) is 160 cm³/mol. The normalized spacial score (nSPS) is 14.5. The van der Waals surface area contributed by atoms with E-state index in [-0.39, 0.29) is 5.56 Å². The first-order valence-electron chi connectivity index (χ1n) is 13.2. The molecule has 0 bridgehead atoms. The van der Waals surface area contributed by atoms with Gasteiger partial charge in [-0.3, -0.25) is 9.36 Å². The molecule has 196 valence electrons. The second-order valence-corrected chi connectivity index (χ2v) is 10.7. The summed E-state index contributed by atoms with van der Waals surface area (Å²) in [6.07, 6.45) is 4.12. The molecule has 0 spiro atoms. The fraction of sp³-hybridized carbons (Fsp3) is 0.219. The van der Waals surface area contributed by atoms with E-state index in [1.54, 1.807) is 17.8 Å². The Morgan fingerprint density at radius 1 is 0.872 bits per heavy atom. The topological polar surface area (TPSA) is 63.1 Å². The standard InChI is InChI=1S/C32H30ClN5O/c1-37-16-14-23(15-17-37)22-8-11-26(12-9-22)35-32-34-20-25-19-28(31(39)38(2)30(25)36-32)27-18-24(10-13-29(27)33)21-6-4-3-5-7-21/h3-13,18-20,23H,14-17H2,1-2H3,(H,34,35,36). The Hall–Kier alpha value is -4.00. The average Bonchev–Trinajstić information content (AvgIpc) is 2.97. The molecular weight excluding hydrogens is 506 g/mol. The zero-order valence-corrected chi connectivity index (χ0v) is 22.8. The third kappa shape index (κ3) is 5.18. The number of aromatic nitrogens is 3. The fourth-order valence-corrected chi connectivity index (χ4v) is 5.57. The second kappa shape index (κ2) is 10.6. The molecule has 1 fully saturated rings. The van der Waals surface area contributed by atoms with Crippen molar-refractivity contribution in [3.05, 3.63) is 106 Å². The van der Waals surface area contributed by atoms with Gasteiger partial charge in [0.15, 0.2) is 0 Å². The number of halogens is 1. The molecule has 0 unspecified atom stereocenters. The smallest absolute Gasteiger partial charge is 0.259 e. The highest BCUT2D eigenvalue weighted by atomic mass is 35.5. The highest BCUT2D eigenvalue weighted by Crippen LogP contribution is 2.33. The monoisotopic (exact) mass is 535 g/mol. The van der Waals surface area contributed by atoms with Crippen LogP contribution in [0.3, 0.4) is 0 Å². The van der Waals surface area contributed by atoms with Crippen molar-refractivity contribution < 1.29 is 0 Å². The van der Waals surface area contributed by atoms with Crippen molar-refractivity contribution >= 4 is 34.3 Å². The van der Waals surface area contributed by atoms with Crippen LogP contribution in [0.4, 0.5) is 11.6 Å². The number of nitrogens with one attached hydrogen (secondary N) is 1. The van der Waals surface area contributed by atoms with Crippen molar-refractivity contribution in [2.24, 2.45) is 7.05 Å². The first-order valence-corrected chi connectivity index (χ1v) is 13.6. The largest absolute Gasteiger partial charge is 0.324 e. The molecule has 1 saturated heterocycles. The van der Waals surface area contributed by atoms with Crippen LogP contribution in [0.25, 0.3) is 33.3 Å². The van der Waals surface area contributed by atoms with Crippen molar-refractivity contribution in [2.45, 2.75) is 18.8 Å². The number of benzene rings is 3. The van der Waals surface area contributed by atoms with Gasteiger partial charge in [-0.05, 0) is 85.9 Å². The number of pyridine rings is 1. The van der Waals surface area contributed by atoms with Gasteiger partial charge in [0.1, 0.15) is 5.65 Å². The Balaban J connectivity index is 1.29. The minimum absolute atomic E-state index is 0.165. The van der Waals surface area contributed by atoms with Crippen molar-refractivity contribution in [1.29, 1.82) is 0 Å². The van der Waals surface area contributed by atoms with Crippen LogP contribution < -0.4 is 10.9 Å². The SMILES string of the molecule is CN1CCC(c2ccc(Nc3ncc4cc(-c5cc(-c6ccccc6)ccc5Cl)c(=O)n(C)c4n3)cc2)CC1. The Morgan fingerprint density at radius 3 is 2.36 bits per heavy atom. The van der Waals surface area contributed by atoms with Gasteiger partial charge in [-0.2, -0.15) is 4.98 Å². The molecule has 7 heteroatoms. The van der Waals surface area contributed by atoms with Crippen LogP contribution in [0, 0.1) is 0 Å². The van der Waals surface area contributed by atoms with E-state index in [2.05, 4.69) is 51.5 Å². The van der Waals surface area contributed by atoms with Crippen molar-refractivity contribution in [2.75, 3.05) is 25.5 Å². The summed E-state index contributed by atoms with van der Waals surface area (Å²) < 4.78 is 1.56.